The van der Waals surface area contributed by atoms with Crippen LogP contribution in [0.25, 0.3) is 0 Å². The van der Waals surface area contributed by atoms with Gasteiger partial charge in [0.1, 0.15) is 11.9 Å². The van der Waals surface area contributed by atoms with Crippen molar-refractivity contribution in [2.24, 2.45) is 4.99 Å². The third kappa shape index (κ3) is 4.91. The first-order valence-electron chi connectivity index (χ1n) is 10.2. The lowest BCUT2D eigenvalue weighted by Gasteiger charge is -2.10. The van der Waals surface area contributed by atoms with Gasteiger partial charge in [0.25, 0.3) is 10.0 Å². The standard InChI is InChI=1S/C22H27N3O6S/c1-14-12-18(16(3)25(14)10-7-11-30-4)19(26)13-31-22(27)15(2)23-21-17-8-5-6-9-20(17)32(28,29)24-21/h5-6,8-9,12,15H,7,10-11,13H2,1-4H3,(H,23,24)/t15-/m0/s1. The molecule has 0 fully saturated rings. The Morgan fingerprint density at radius 2 is 1.94 bits per heavy atom. The monoisotopic (exact) mass is 461 g/mol. The molecule has 9 nitrogen and oxygen atoms in total. The molecule has 0 saturated carbocycles. The molecule has 1 aliphatic heterocycles. The molecule has 0 amide bonds. The van der Waals surface area contributed by atoms with Gasteiger partial charge in [0.15, 0.2) is 6.61 Å². The summed E-state index contributed by atoms with van der Waals surface area (Å²) >= 11 is 0. The van der Waals surface area contributed by atoms with Crippen molar-refractivity contribution in [1.29, 1.82) is 0 Å². The van der Waals surface area contributed by atoms with E-state index in [0.717, 1.165) is 24.4 Å². The topological polar surface area (TPSA) is 116 Å². The fourth-order valence-corrected chi connectivity index (χ4v) is 4.84. The van der Waals surface area contributed by atoms with Crippen molar-refractivity contribution in [3.8, 4) is 0 Å². The number of nitrogens with one attached hydrogen (secondary N) is 1. The minimum Gasteiger partial charge on any atom is -0.456 e. The lowest BCUT2D eigenvalue weighted by molar-refractivity contribution is -0.143. The van der Waals surface area contributed by atoms with Gasteiger partial charge in [-0.2, -0.15) is 0 Å². The smallest absolute Gasteiger partial charge is 0.331 e. The number of nitrogens with zero attached hydrogens (tertiary/aromatic N) is 2. The molecule has 10 heteroatoms. The highest BCUT2D eigenvalue weighted by Gasteiger charge is 2.31. The average Bonchev–Trinajstić information content (AvgIpc) is 3.19. The fourth-order valence-electron chi connectivity index (χ4n) is 3.61. The molecule has 0 aliphatic carbocycles. The Labute approximate surface area is 187 Å². The van der Waals surface area contributed by atoms with Gasteiger partial charge in [0.2, 0.25) is 5.78 Å². The number of carbonyl (C=O) groups is 2. The van der Waals surface area contributed by atoms with Crippen LogP contribution in [-0.2, 0) is 30.8 Å². The van der Waals surface area contributed by atoms with Crippen molar-refractivity contribution in [2.75, 3.05) is 20.3 Å². The third-order valence-corrected chi connectivity index (χ3v) is 6.67. The van der Waals surface area contributed by atoms with Crippen LogP contribution in [0, 0.1) is 13.8 Å². The van der Waals surface area contributed by atoms with E-state index < -0.39 is 28.6 Å². The van der Waals surface area contributed by atoms with Crippen LogP contribution in [0.3, 0.4) is 0 Å². The van der Waals surface area contributed by atoms with E-state index in [9.17, 15) is 18.0 Å². The van der Waals surface area contributed by atoms with E-state index >= 15 is 0 Å². The maximum Gasteiger partial charge on any atom is 0.331 e. The van der Waals surface area contributed by atoms with E-state index in [1.54, 1.807) is 31.4 Å². The number of aryl methyl sites for hydroxylation is 1. The van der Waals surface area contributed by atoms with Crippen molar-refractivity contribution < 1.29 is 27.5 Å². The Bertz CT molecular complexity index is 1170. The van der Waals surface area contributed by atoms with Gasteiger partial charge in [-0.15, -0.1) is 0 Å². The first kappa shape index (κ1) is 23.7. The fraction of sp³-hybridized carbons (Fsp3) is 0.409. The maximum atomic E-state index is 12.6. The lowest BCUT2D eigenvalue weighted by Crippen LogP contribution is -2.27. The Hall–Kier alpha value is -2.98. The molecule has 1 aromatic heterocycles. The van der Waals surface area contributed by atoms with E-state index in [2.05, 4.69) is 9.71 Å². The SMILES string of the molecule is COCCCn1c(C)cc(C(=O)COC(=O)[C@H](C)N=C2NS(=O)(=O)c3ccccc32)c1C. The van der Waals surface area contributed by atoms with Crippen LogP contribution in [0.15, 0.2) is 40.2 Å². The number of ether oxygens (including phenoxy) is 2. The van der Waals surface area contributed by atoms with Crippen LogP contribution in [-0.4, -0.2) is 56.9 Å². The second-order valence-corrected chi connectivity index (χ2v) is 9.22. The van der Waals surface area contributed by atoms with Gasteiger partial charge < -0.3 is 14.0 Å². The molecule has 1 aliphatic rings. The normalized spacial score (nSPS) is 16.4. The van der Waals surface area contributed by atoms with Crippen molar-refractivity contribution in [3.05, 3.63) is 52.8 Å². The second kappa shape index (κ2) is 9.66. The summed E-state index contributed by atoms with van der Waals surface area (Å²) in [6.45, 7) is 6.19. The molecule has 0 unspecified atom stereocenters. The molecule has 0 spiro atoms. The summed E-state index contributed by atoms with van der Waals surface area (Å²) in [4.78, 5) is 29.3. The van der Waals surface area contributed by atoms with Gasteiger partial charge in [-0.25, -0.2) is 13.2 Å². The lowest BCUT2D eigenvalue weighted by atomic mass is 10.1. The highest BCUT2D eigenvalue weighted by Crippen LogP contribution is 2.22. The summed E-state index contributed by atoms with van der Waals surface area (Å²) in [7, 11) is -2.06. The van der Waals surface area contributed by atoms with Crippen LogP contribution >= 0.6 is 0 Å². The largest absolute Gasteiger partial charge is 0.456 e. The van der Waals surface area contributed by atoms with E-state index in [1.165, 1.54) is 13.0 Å². The van der Waals surface area contributed by atoms with Crippen LogP contribution in [0.4, 0.5) is 0 Å². The number of hydrogen-bond acceptors (Lipinski definition) is 7. The summed E-state index contributed by atoms with van der Waals surface area (Å²) < 4.78 is 39.0. The summed E-state index contributed by atoms with van der Waals surface area (Å²) in [6, 6.07) is 7.16. The van der Waals surface area contributed by atoms with Crippen molar-refractivity contribution in [1.82, 2.24) is 9.29 Å². The molecule has 3 rings (SSSR count). The zero-order chi connectivity index (χ0) is 23.5. The molecule has 0 radical (unpaired) electrons. The highest BCUT2D eigenvalue weighted by molar-refractivity contribution is 7.90. The number of ketones is 1. The zero-order valence-corrected chi connectivity index (χ0v) is 19.4. The van der Waals surface area contributed by atoms with E-state index in [-0.39, 0.29) is 16.5 Å². The number of fused-ring (bicyclic) bond motifs is 1. The molecule has 0 saturated heterocycles. The predicted octanol–water partition coefficient (Wildman–Crippen LogP) is 1.99. The van der Waals surface area contributed by atoms with Gasteiger partial charge in [-0.1, -0.05) is 12.1 Å². The molecule has 0 bridgehead atoms. The zero-order valence-electron chi connectivity index (χ0n) is 18.5. The number of carbonyl (C=O) groups excluding carboxylic acids is 2. The van der Waals surface area contributed by atoms with Gasteiger partial charge in [0, 0.05) is 42.8 Å². The number of Topliss-reactive ketones (excluding diaryl/α,β-unsaturated/α-hetero) is 1. The van der Waals surface area contributed by atoms with Crippen LogP contribution in [0.1, 0.15) is 40.7 Å². The molecule has 1 N–H and O–H groups in total. The van der Waals surface area contributed by atoms with E-state index in [0.29, 0.717) is 17.7 Å². The van der Waals surface area contributed by atoms with Gasteiger partial charge in [-0.3, -0.25) is 14.5 Å². The molecule has 172 valence electrons. The number of benzene rings is 1. The molecular formula is C22H27N3O6S. The number of amidine groups is 1. The molecule has 32 heavy (non-hydrogen) atoms. The van der Waals surface area contributed by atoms with Crippen LogP contribution in [0.5, 0.6) is 0 Å². The summed E-state index contributed by atoms with van der Waals surface area (Å²) in [5.74, 6) is -0.949. The Kier molecular flexibility index (Phi) is 7.15. The number of methoxy groups -OCH3 is 1. The number of hydrogen-bond donors (Lipinski definition) is 1. The van der Waals surface area contributed by atoms with Gasteiger partial charge in [-0.05, 0) is 45.4 Å². The van der Waals surface area contributed by atoms with Gasteiger partial charge in [0.05, 0.1) is 4.90 Å². The Balaban J connectivity index is 1.65. The first-order valence-corrected chi connectivity index (χ1v) is 11.7. The number of aliphatic imine (C=N–C) groups is 1. The van der Waals surface area contributed by atoms with Crippen LogP contribution in [0.2, 0.25) is 0 Å². The molecule has 1 aromatic carbocycles. The third-order valence-electron chi connectivity index (χ3n) is 5.28. The number of sulfonamides is 1. The van der Waals surface area contributed by atoms with E-state index in [1.807, 2.05) is 18.4 Å². The van der Waals surface area contributed by atoms with Crippen molar-refractivity contribution in [3.63, 3.8) is 0 Å². The van der Waals surface area contributed by atoms with Crippen molar-refractivity contribution in [2.45, 2.75) is 44.7 Å². The minimum atomic E-state index is -3.70. The molecule has 2 heterocycles. The number of esters is 1. The van der Waals surface area contributed by atoms with Crippen LogP contribution < -0.4 is 4.72 Å². The Morgan fingerprint density at radius 3 is 2.66 bits per heavy atom. The summed E-state index contributed by atoms with van der Waals surface area (Å²) in [5.41, 5.74) is 2.65. The van der Waals surface area contributed by atoms with Gasteiger partial charge >= 0.3 is 5.97 Å². The number of aromatic nitrogens is 1. The summed E-state index contributed by atoms with van der Waals surface area (Å²) in [6.07, 6.45) is 0.820. The van der Waals surface area contributed by atoms with E-state index in [4.69, 9.17) is 9.47 Å². The first-order chi connectivity index (χ1) is 15.2. The highest BCUT2D eigenvalue weighted by atomic mass is 32.2. The maximum absolute atomic E-state index is 12.6. The predicted molar refractivity (Wildman–Crippen MR) is 118 cm³/mol. The Morgan fingerprint density at radius 1 is 1.22 bits per heavy atom. The molecule has 1 atom stereocenters. The van der Waals surface area contributed by atoms with Crippen molar-refractivity contribution >= 4 is 27.6 Å². The molecular weight excluding hydrogens is 434 g/mol. The minimum absolute atomic E-state index is 0.0796. The molecule has 2 aromatic rings. The quantitative estimate of drug-likeness (QED) is 0.347. The average molecular weight is 462 g/mol. The number of rotatable bonds is 9. The second-order valence-electron chi connectivity index (χ2n) is 7.57. The summed E-state index contributed by atoms with van der Waals surface area (Å²) in [5, 5.41) is 0.